The van der Waals surface area contributed by atoms with Crippen LogP contribution in [0, 0.1) is 0 Å². The third-order valence-electron chi connectivity index (χ3n) is 2.26. The Bertz CT molecular complexity index is 349. The van der Waals surface area contributed by atoms with E-state index in [1.165, 1.54) is 0 Å². The van der Waals surface area contributed by atoms with Crippen molar-refractivity contribution in [2.45, 2.75) is 13.0 Å². The first-order chi connectivity index (χ1) is 7.60. The Kier molecular flexibility index (Phi) is 5.11. The molecule has 0 bridgehead atoms. The first-order valence-corrected chi connectivity index (χ1v) is 6.58. The highest BCUT2D eigenvalue weighted by atomic mass is 35.5. The summed E-state index contributed by atoms with van der Waals surface area (Å²) in [4.78, 5) is 10.2. The first kappa shape index (κ1) is 13.3. The predicted octanol–water partition coefficient (Wildman–Crippen LogP) is 1.60. The lowest BCUT2D eigenvalue weighted by Gasteiger charge is -2.26. The second-order valence-electron chi connectivity index (χ2n) is 3.42. The van der Waals surface area contributed by atoms with E-state index in [9.17, 15) is 0 Å². The summed E-state index contributed by atoms with van der Waals surface area (Å²) in [5, 5.41) is 0.523. The number of halogens is 1. The molecule has 0 aromatic carbocycles. The zero-order valence-corrected chi connectivity index (χ0v) is 11.1. The molecule has 7 heteroatoms. The van der Waals surface area contributed by atoms with Crippen LogP contribution in [0.5, 0.6) is 0 Å². The maximum atomic E-state index is 6.05. The van der Waals surface area contributed by atoms with Gasteiger partial charge < -0.3 is 4.90 Å². The first-order valence-electron chi connectivity index (χ1n) is 4.81. The Labute approximate surface area is 105 Å². The highest BCUT2D eigenvalue weighted by molar-refractivity contribution is 7.98. The summed E-state index contributed by atoms with van der Waals surface area (Å²) in [6, 6.07) is 0.341. The second kappa shape index (κ2) is 6.12. The highest BCUT2D eigenvalue weighted by Crippen LogP contribution is 2.24. The minimum atomic E-state index is 0.341. The molecule has 0 fully saturated rings. The SMILES string of the molecule is CSCC(C)N(C)c1nc(NN)ncc1Cl. The van der Waals surface area contributed by atoms with E-state index in [0.29, 0.717) is 22.8 Å². The van der Waals surface area contributed by atoms with Gasteiger partial charge in [-0.05, 0) is 13.2 Å². The van der Waals surface area contributed by atoms with Crippen molar-refractivity contribution in [1.82, 2.24) is 9.97 Å². The summed E-state index contributed by atoms with van der Waals surface area (Å²) < 4.78 is 0. The Hall–Kier alpha value is -0.720. The van der Waals surface area contributed by atoms with Gasteiger partial charge in [-0.1, -0.05) is 11.6 Å². The summed E-state index contributed by atoms with van der Waals surface area (Å²) in [7, 11) is 1.95. The largest absolute Gasteiger partial charge is 0.355 e. The van der Waals surface area contributed by atoms with Crippen molar-refractivity contribution >= 4 is 35.1 Å². The molecule has 0 aliphatic heterocycles. The van der Waals surface area contributed by atoms with Gasteiger partial charge in [0.05, 0.1) is 6.20 Å². The molecule has 0 aliphatic carbocycles. The van der Waals surface area contributed by atoms with Crippen molar-refractivity contribution in [1.29, 1.82) is 0 Å². The highest BCUT2D eigenvalue weighted by Gasteiger charge is 2.15. The summed E-state index contributed by atoms with van der Waals surface area (Å²) in [5.41, 5.74) is 2.41. The van der Waals surface area contributed by atoms with E-state index in [-0.39, 0.29) is 0 Å². The molecule has 1 atom stereocenters. The molecule has 0 amide bonds. The maximum absolute atomic E-state index is 6.05. The summed E-state index contributed by atoms with van der Waals surface area (Å²) in [6.45, 7) is 2.12. The zero-order valence-electron chi connectivity index (χ0n) is 9.57. The fourth-order valence-electron chi connectivity index (χ4n) is 1.24. The molecule has 16 heavy (non-hydrogen) atoms. The Morgan fingerprint density at radius 3 is 2.94 bits per heavy atom. The summed E-state index contributed by atoms with van der Waals surface area (Å²) >= 11 is 7.83. The number of thioether (sulfide) groups is 1. The van der Waals surface area contributed by atoms with Gasteiger partial charge in [0.25, 0.3) is 0 Å². The number of rotatable bonds is 5. The average molecular weight is 262 g/mol. The normalized spacial score (nSPS) is 12.3. The van der Waals surface area contributed by atoms with Crippen LogP contribution in [0.4, 0.5) is 11.8 Å². The Morgan fingerprint density at radius 2 is 2.38 bits per heavy atom. The molecule has 3 N–H and O–H groups in total. The number of nitrogens with two attached hydrogens (primary N) is 1. The van der Waals surface area contributed by atoms with Crippen LogP contribution >= 0.6 is 23.4 Å². The van der Waals surface area contributed by atoms with Crippen LogP contribution in [0.3, 0.4) is 0 Å². The zero-order chi connectivity index (χ0) is 12.1. The number of aromatic nitrogens is 2. The van der Waals surface area contributed by atoms with E-state index >= 15 is 0 Å². The molecular weight excluding hydrogens is 246 g/mol. The number of nitrogens with one attached hydrogen (secondary N) is 1. The number of hydrazine groups is 1. The van der Waals surface area contributed by atoms with E-state index in [2.05, 4.69) is 28.6 Å². The molecule has 0 radical (unpaired) electrons. The van der Waals surface area contributed by atoms with Crippen molar-refractivity contribution in [3.8, 4) is 0 Å². The Balaban J connectivity index is 2.92. The molecule has 0 saturated carbocycles. The molecule has 0 spiro atoms. The monoisotopic (exact) mass is 261 g/mol. The number of nitrogens with zero attached hydrogens (tertiary/aromatic N) is 3. The molecule has 90 valence electrons. The fraction of sp³-hybridized carbons (Fsp3) is 0.556. The van der Waals surface area contributed by atoms with Gasteiger partial charge in [-0.15, -0.1) is 0 Å². The minimum Gasteiger partial charge on any atom is -0.355 e. The lowest BCUT2D eigenvalue weighted by atomic mass is 10.3. The standard InChI is InChI=1S/C9H16ClN5S/c1-6(5-16-3)15(2)8-7(10)4-12-9(13-8)14-11/h4,6H,5,11H2,1-3H3,(H,12,13,14). The van der Waals surface area contributed by atoms with Gasteiger partial charge in [-0.2, -0.15) is 16.7 Å². The number of hydrogen-bond acceptors (Lipinski definition) is 6. The quantitative estimate of drug-likeness (QED) is 0.620. The number of hydrogen-bond donors (Lipinski definition) is 2. The summed E-state index contributed by atoms with van der Waals surface area (Å²) in [5.74, 6) is 7.31. The van der Waals surface area contributed by atoms with E-state index in [1.54, 1.807) is 18.0 Å². The van der Waals surface area contributed by atoms with Crippen molar-refractivity contribution in [3.63, 3.8) is 0 Å². The van der Waals surface area contributed by atoms with Gasteiger partial charge in [0.15, 0.2) is 5.82 Å². The summed E-state index contributed by atoms with van der Waals surface area (Å²) in [6.07, 6.45) is 3.61. The van der Waals surface area contributed by atoms with Crippen molar-refractivity contribution in [2.24, 2.45) is 5.84 Å². The molecule has 1 aromatic heterocycles. The van der Waals surface area contributed by atoms with Crippen LogP contribution in [0.1, 0.15) is 6.92 Å². The van der Waals surface area contributed by atoms with Crippen LogP contribution in [0.25, 0.3) is 0 Å². The van der Waals surface area contributed by atoms with Gasteiger partial charge in [0, 0.05) is 18.8 Å². The third kappa shape index (κ3) is 3.13. The third-order valence-corrected chi connectivity index (χ3v) is 3.34. The second-order valence-corrected chi connectivity index (χ2v) is 4.74. The lowest BCUT2D eigenvalue weighted by molar-refractivity contribution is 0.752. The van der Waals surface area contributed by atoms with Crippen molar-refractivity contribution in [3.05, 3.63) is 11.2 Å². The molecule has 1 unspecified atom stereocenters. The number of anilines is 2. The van der Waals surface area contributed by atoms with E-state index in [1.807, 2.05) is 11.9 Å². The minimum absolute atomic E-state index is 0.341. The van der Waals surface area contributed by atoms with Crippen LogP contribution in [-0.4, -0.2) is 35.1 Å². The van der Waals surface area contributed by atoms with Gasteiger partial charge in [-0.3, -0.25) is 5.43 Å². The van der Waals surface area contributed by atoms with Crippen LogP contribution in [0.2, 0.25) is 5.02 Å². The van der Waals surface area contributed by atoms with Gasteiger partial charge >= 0.3 is 0 Å². The van der Waals surface area contributed by atoms with E-state index < -0.39 is 0 Å². The molecule has 1 heterocycles. The van der Waals surface area contributed by atoms with Crippen molar-refractivity contribution < 1.29 is 0 Å². The topological polar surface area (TPSA) is 67.1 Å². The van der Waals surface area contributed by atoms with Crippen LogP contribution in [-0.2, 0) is 0 Å². The fourth-order valence-corrected chi connectivity index (χ4v) is 2.17. The van der Waals surface area contributed by atoms with Gasteiger partial charge in [-0.25, -0.2) is 10.8 Å². The lowest BCUT2D eigenvalue weighted by Crippen LogP contribution is -2.32. The molecule has 1 aromatic rings. The maximum Gasteiger partial charge on any atom is 0.239 e. The van der Waals surface area contributed by atoms with E-state index in [4.69, 9.17) is 17.4 Å². The smallest absolute Gasteiger partial charge is 0.239 e. The predicted molar refractivity (Wildman–Crippen MR) is 71.1 cm³/mol. The number of nitrogen functional groups attached to an aromatic ring is 1. The molecule has 0 aliphatic rings. The average Bonchev–Trinajstić information content (AvgIpc) is 2.29. The van der Waals surface area contributed by atoms with Crippen LogP contribution < -0.4 is 16.2 Å². The van der Waals surface area contributed by atoms with Crippen LogP contribution in [0.15, 0.2) is 6.20 Å². The van der Waals surface area contributed by atoms with Gasteiger partial charge in [0.2, 0.25) is 5.95 Å². The molecular formula is C9H16ClN5S. The van der Waals surface area contributed by atoms with E-state index in [0.717, 1.165) is 5.75 Å². The molecule has 5 nitrogen and oxygen atoms in total. The molecule has 1 rings (SSSR count). The molecule has 0 saturated heterocycles. The van der Waals surface area contributed by atoms with Gasteiger partial charge in [0.1, 0.15) is 5.02 Å². The Morgan fingerprint density at radius 1 is 1.69 bits per heavy atom. The van der Waals surface area contributed by atoms with Crippen molar-refractivity contribution in [2.75, 3.05) is 29.4 Å².